The number of aryl methyl sites for hydroxylation is 1. The summed E-state index contributed by atoms with van der Waals surface area (Å²) in [7, 11) is 0. The van der Waals surface area contributed by atoms with Crippen LogP contribution in [-0.2, 0) is 0 Å². The van der Waals surface area contributed by atoms with Gasteiger partial charge in [0.25, 0.3) is 5.91 Å². The Bertz CT molecular complexity index is 815. The number of benzene rings is 1. The number of pyridine rings is 2. The van der Waals surface area contributed by atoms with Crippen molar-refractivity contribution in [2.24, 2.45) is 0 Å². The molecular formula is C16H12ClN3O. The van der Waals surface area contributed by atoms with Gasteiger partial charge < -0.3 is 5.32 Å². The molecule has 0 saturated heterocycles. The van der Waals surface area contributed by atoms with Gasteiger partial charge in [0.1, 0.15) is 0 Å². The monoisotopic (exact) mass is 297 g/mol. The summed E-state index contributed by atoms with van der Waals surface area (Å²) in [5, 5.41) is 4.26. The van der Waals surface area contributed by atoms with Gasteiger partial charge in [-0.25, -0.2) is 0 Å². The van der Waals surface area contributed by atoms with Crippen LogP contribution in [0.1, 0.15) is 16.1 Å². The molecule has 0 spiro atoms. The third-order valence-electron chi connectivity index (χ3n) is 3.09. The number of rotatable bonds is 2. The lowest BCUT2D eigenvalue weighted by Crippen LogP contribution is -2.12. The van der Waals surface area contributed by atoms with Crippen LogP contribution >= 0.6 is 11.6 Å². The minimum atomic E-state index is -0.239. The second-order valence-corrected chi connectivity index (χ2v) is 5.11. The fourth-order valence-corrected chi connectivity index (χ4v) is 2.27. The number of fused-ring (bicyclic) bond motifs is 1. The first kappa shape index (κ1) is 13.5. The van der Waals surface area contributed by atoms with Gasteiger partial charge in [0.05, 0.1) is 16.8 Å². The molecule has 0 aliphatic carbocycles. The first-order valence-electron chi connectivity index (χ1n) is 6.42. The van der Waals surface area contributed by atoms with Crippen LogP contribution in [0.25, 0.3) is 10.9 Å². The maximum atomic E-state index is 12.3. The quantitative estimate of drug-likeness (QED) is 0.782. The van der Waals surface area contributed by atoms with E-state index in [4.69, 9.17) is 11.6 Å². The van der Waals surface area contributed by atoms with E-state index in [0.717, 1.165) is 11.1 Å². The molecule has 0 fully saturated rings. The lowest BCUT2D eigenvalue weighted by atomic mass is 10.1. The van der Waals surface area contributed by atoms with E-state index in [-0.39, 0.29) is 5.91 Å². The molecule has 1 N–H and O–H groups in total. The number of hydrogen-bond donors (Lipinski definition) is 1. The highest BCUT2D eigenvalue weighted by Gasteiger charge is 2.10. The van der Waals surface area contributed by atoms with Crippen LogP contribution in [0.5, 0.6) is 0 Å². The van der Waals surface area contributed by atoms with Crippen LogP contribution < -0.4 is 5.32 Å². The first-order valence-corrected chi connectivity index (χ1v) is 6.79. The molecule has 3 aromatic rings. The van der Waals surface area contributed by atoms with Crippen LogP contribution in [0, 0.1) is 6.92 Å². The van der Waals surface area contributed by atoms with E-state index < -0.39 is 0 Å². The minimum absolute atomic E-state index is 0.239. The fraction of sp³-hybridized carbons (Fsp3) is 0.0625. The minimum Gasteiger partial charge on any atom is -0.320 e. The van der Waals surface area contributed by atoms with E-state index in [1.54, 1.807) is 30.6 Å². The topological polar surface area (TPSA) is 54.9 Å². The Morgan fingerprint density at radius 1 is 1.19 bits per heavy atom. The number of anilines is 1. The molecule has 0 unspecified atom stereocenters. The fourth-order valence-electron chi connectivity index (χ4n) is 2.05. The molecule has 5 heteroatoms. The molecule has 3 rings (SSSR count). The zero-order chi connectivity index (χ0) is 14.8. The van der Waals surface area contributed by atoms with Gasteiger partial charge in [-0.2, -0.15) is 0 Å². The zero-order valence-corrected chi connectivity index (χ0v) is 12.1. The number of halogens is 1. The summed E-state index contributed by atoms with van der Waals surface area (Å²) in [5.74, 6) is -0.239. The summed E-state index contributed by atoms with van der Waals surface area (Å²) in [6, 6.07) is 10.8. The molecule has 0 radical (unpaired) electrons. The molecule has 2 aromatic heterocycles. The average Bonchev–Trinajstić information content (AvgIpc) is 2.47. The highest BCUT2D eigenvalue weighted by atomic mass is 35.5. The van der Waals surface area contributed by atoms with E-state index in [0.29, 0.717) is 21.8 Å². The highest BCUT2D eigenvalue weighted by molar-refractivity contribution is 6.32. The van der Waals surface area contributed by atoms with Gasteiger partial charge in [-0.1, -0.05) is 17.7 Å². The van der Waals surface area contributed by atoms with Crippen LogP contribution in [0.3, 0.4) is 0 Å². The summed E-state index contributed by atoms with van der Waals surface area (Å²) in [5.41, 5.74) is 2.64. The Balaban J connectivity index is 1.98. The molecule has 104 valence electrons. The molecule has 21 heavy (non-hydrogen) atoms. The molecule has 0 aliphatic heterocycles. The number of nitrogens with one attached hydrogen (secondary N) is 1. The van der Waals surface area contributed by atoms with Crippen molar-refractivity contribution in [1.82, 2.24) is 9.97 Å². The van der Waals surface area contributed by atoms with Crippen molar-refractivity contribution in [3.05, 3.63) is 65.1 Å². The normalized spacial score (nSPS) is 10.6. The van der Waals surface area contributed by atoms with E-state index in [2.05, 4.69) is 15.3 Å². The van der Waals surface area contributed by atoms with Crippen LogP contribution in [0.15, 0.2) is 48.8 Å². The molecule has 0 atom stereocenters. The van der Waals surface area contributed by atoms with Crippen molar-refractivity contribution in [2.45, 2.75) is 6.92 Å². The van der Waals surface area contributed by atoms with Crippen molar-refractivity contribution < 1.29 is 4.79 Å². The third kappa shape index (κ3) is 2.85. The Kier molecular flexibility index (Phi) is 3.54. The number of amides is 1. The van der Waals surface area contributed by atoms with Gasteiger partial charge in [0, 0.05) is 28.5 Å². The Labute approximate surface area is 126 Å². The van der Waals surface area contributed by atoms with Crippen LogP contribution in [0.2, 0.25) is 5.02 Å². The van der Waals surface area contributed by atoms with Crippen molar-refractivity contribution >= 4 is 34.1 Å². The van der Waals surface area contributed by atoms with Crippen molar-refractivity contribution in [2.75, 3.05) is 5.32 Å². The lowest BCUT2D eigenvalue weighted by Gasteiger charge is -2.09. The van der Waals surface area contributed by atoms with Gasteiger partial charge in [-0.15, -0.1) is 0 Å². The second kappa shape index (κ2) is 5.50. The smallest absolute Gasteiger partial charge is 0.257 e. The van der Waals surface area contributed by atoms with E-state index >= 15 is 0 Å². The van der Waals surface area contributed by atoms with E-state index in [9.17, 15) is 4.79 Å². The SMILES string of the molecule is Cc1ccc(C(=O)Nc2cc(Cl)cc3cccnc23)cn1. The van der Waals surface area contributed by atoms with Gasteiger partial charge in [0.2, 0.25) is 0 Å². The van der Waals surface area contributed by atoms with Crippen LogP contribution in [-0.4, -0.2) is 15.9 Å². The van der Waals surface area contributed by atoms with Gasteiger partial charge in [-0.05, 0) is 37.3 Å². The number of carbonyl (C=O) groups excluding carboxylic acids is 1. The third-order valence-corrected chi connectivity index (χ3v) is 3.31. The second-order valence-electron chi connectivity index (χ2n) is 4.67. The largest absolute Gasteiger partial charge is 0.320 e. The summed E-state index contributed by atoms with van der Waals surface area (Å²) < 4.78 is 0. The van der Waals surface area contributed by atoms with E-state index in [1.807, 2.05) is 25.1 Å². The van der Waals surface area contributed by atoms with Gasteiger partial charge >= 0.3 is 0 Å². The van der Waals surface area contributed by atoms with Gasteiger partial charge in [0.15, 0.2) is 0 Å². The lowest BCUT2D eigenvalue weighted by molar-refractivity contribution is 0.102. The number of aromatic nitrogens is 2. The molecule has 2 heterocycles. The van der Waals surface area contributed by atoms with Crippen molar-refractivity contribution in [1.29, 1.82) is 0 Å². The summed E-state index contributed by atoms with van der Waals surface area (Å²) in [4.78, 5) is 20.7. The standard InChI is InChI=1S/C16H12ClN3O/c1-10-4-5-12(9-19-10)16(21)20-14-8-13(17)7-11-3-2-6-18-15(11)14/h2-9H,1H3,(H,20,21). The molecule has 4 nitrogen and oxygen atoms in total. The van der Waals surface area contributed by atoms with Crippen molar-refractivity contribution in [3.63, 3.8) is 0 Å². The predicted octanol–water partition coefficient (Wildman–Crippen LogP) is 3.84. The molecule has 0 saturated carbocycles. The number of hydrogen-bond acceptors (Lipinski definition) is 3. The molecular weight excluding hydrogens is 286 g/mol. The summed E-state index contributed by atoms with van der Waals surface area (Å²) in [6.07, 6.45) is 3.23. The number of carbonyl (C=O) groups is 1. The summed E-state index contributed by atoms with van der Waals surface area (Å²) >= 11 is 6.08. The molecule has 0 bridgehead atoms. The first-order chi connectivity index (χ1) is 10.1. The Hall–Kier alpha value is -2.46. The molecule has 1 aromatic carbocycles. The maximum Gasteiger partial charge on any atom is 0.257 e. The van der Waals surface area contributed by atoms with Gasteiger partial charge in [-0.3, -0.25) is 14.8 Å². The van der Waals surface area contributed by atoms with Crippen LogP contribution in [0.4, 0.5) is 5.69 Å². The predicted molar refractivity (Wildman–Crippen MR) is 83.7 cm³/mol. The molecule has 1 amide bonds. The van der Waals surface area contributed by atoms with E-state index in [1.165, 1.54) is 0 Å². The van der Waals surface area contributed by atoms with Crippen molar-refractivity contribution in [3.8, 4) is 0 Å². The zero-order valence-electron chi connectivity index (χ0n) is 11.3. The summed E-state index contributed by atoms with van der Waals surface area (Å²) in [6.45, 7) is 1.87. The Morgan fingerprint density at radius 3 is 2.81 bits per heavy atom. The maximum absolute atomic E-state index is 12.3. The Morgan fingerprint density at radius 2 is 2.05 bits per heavy atom. The molecule has 0 aliphatic rings. The highest BCUT2D eigenvalue weighted by Crippen LogP contribution is 2.26. The number of nitrogens with zero attached hydrogens (tertiary/aromatic N) is 2. The average molecular weight is 298 g/mol.